The minimum absolute atomic E-state index is 0.375. The second kappa shape index (κ2) is 7.69. The average Bonchev–Trinajstić information content (AvgIpc) is 3.10. The molecule has 136 valence electrons. The Kier molecular flexibility index (Phi) is 5.14. The molecule has 4 rings (SSSR count). The maximum Gasteiger partial charge on any atom is 0.240 e. The molecule has 7 nitrogen and oxygen atoms in total. The van der Waals surface area contributed by atoms with E-state index in [1.807, 2.05) is 12.1 Å². The van der Waals surface area contributed by atoms with Gasteiger partial charge >= 0.3 is 0 Å². The Hall–Kier alpha value is -2.03. The Morgan fingerprint density at radius 1 is 1.12 bits per heavy atom. The van der Waals surface area contributed by atoms with E-state index in [9.17, 15) is 0 Å². The minimum atomic E-state index is 0.375. The molecule has 0 spiro atoms. The Morgan fingerprint density at radius 3 is 2.77 bits per heavy atom. The number of pyridine rings is 1. The lowest BCUT2D eigenvalue weighted by atomic mass is 10.2. The number of piperazine rings is 1. The summed E-state index contributed by atoms with van der Waals surface area (Å²) in [5.74, 6) is 2.24. The van der Waals surface area contributed by atoms with Gasteiger partial charge in [0, 0.05) is 43.1 Å². The Labute approximate surface area is 160 Å². The molecule has 8 heteroatoms. The molecule has 0 bridgehead atoms. The van der Waals surface area contributed by atoms with Crippen LogP contribution in [0.3, 0.4) is 0 Å². The van der Waals surface area contributed by atoms with Gasteiger partial charge in [0.25, 0.3) is 0 Å². The van der Waals surface area contributed by atoms with Gasteiger partial charge in [-0.2, -0.15) is 4.98 Å². The highest BCUT2D eigenvalue weighted by Gasteiger charge is 2.20. The molecule has 1 aromatic carbocycles. The van der Waals surface area contributed by atoms with Gasteiger partial charge in [-0.1, -0.05) is 17.3 Å². The zero-order valence-electron chi connectivity index (χ0n) is 14.6. The highest BCUT2D eigenvalue weighted by Crippen LogP contribution is 2.25. The van der Waals surface area contributed by atoms with Gasteiger partial charge < -0.3 is 14.2 Å². The molecule has 26 heavy (non-hydrogen) atoms. The van der Waals surface area contributed by atoms with Gasteiger partial charge in [0.05, 0.1) is 12.1 Å². The lowest BCUT2D eigenvalue weighted by Crippen LogP contribution is -2.46. The topological polar surface area (TPSA) is 67.5 Å². The van der Waals surface area contributed by atoms with Gasteiger partial charge in [0.1, 0.15) is 12.4 Å². The average molecular weight is 418 g/mol. The summed E-state index contributed by atoms with van der Waals surface area (Å²) in [4.78, 5) is 13.8. The van der Waals surface area contributed by atoms with Crippen LogP contribution in [0.5, 0.6) is 0 Å². The van der Waals surface area contributed by atoms with Gasteiger partial charge in [-0.15, -0.1) is 0 Å². The summed E-state index contributed by atoms with van der Waals surface area (Å²) in [5, 5.41) is 5.05. The predicted octanol–water partition coefficient (Wildman–Crippen LogP) is 2.85. The zero-order valence-corrected chi connectivity index (χ0v) is 16.1. The summed E-state index contributed by atoms with van der Waals surface area (Å²) in [7, 11) is 1.62. The van der Waals surface area contributed by atoms with Crippen molar-refractivity contribution in [2.45, 2.75) is 13.2 Å². The third-order valence-corrected chi connectivity index (χ3v) is 5.13. The van der Waals surface area contributed by atoms with E-state index in [1.165, 1.54) is 0 Å². The summed E-state index contributed by atoms with van der Waals surface area (Å²) in [6.45, 7) is 4.74. The second-order valence-electron chi connectivity index (χ2n) is 6.28. The van der Waals surface area contributed by atoms with Crippen molar-refractivity contribution in [3.8, 4) is 0 Å². The Bertz CT molecular complexity index is 892. The number of aromatic nitrogens is 3. The van der Waals surface area contributed by atoms with E-state index < -0.39 is 0 Å². The molecule has 0 atom stereocenters. The third-order valence-electron chi connectivity index (χ3n) is 4.50. The number of para-hydroxylation sites is 1. The molecule has 1 fully saturated rings. The van der Waals surface area contributed by atoms with E-state index in [0.717, 1.165) is 47.4 Å². The zero-order chi connectivity index (χ0) is 17.9. The van der Waals surface area contributed by atoms with Crippen LogP contribution in [-0.4, -0.2) is 53.3 Å². The number of rotatable bonds is 5. The number of methoxy groups -OCH3 is 1. The Balaban J connectivity index is 1.39. The van der Waals surface area contributed by atoms with E-state index in [1.54, 1.807) is 7.11 Å². The summed E-state index contributed by atoms with van der Waals surface area (Å²) < 4.78 is 11.3. The van der Waals surface area contributed by atoms with Crippen LogP contribution in [0, 0.1) is 0 Å². The highest BCUT2D eigenvalue weighted by atomic mass is 79.9. The molecule has 3 aromatic rings. The molecule has 2 aromatic heterocycles. The largest absolute Gasteiger partial charge is 0.377 e. The predicted molar refractivity (Wildman–Crippen MR) is 102 cm³/mol. The van der Waals surface area contributed by atoms with E-state index in [4.69, 9.17) is 14.2 Å². The van der Waals surface area contributed by atoms with Crippen LogP contribution in [0.4, 0.5) is 5.82 Å². The maximum absolute atomic E-state index is 5.28. The molecule has 1 aliphatic rings. The van der Waals surface area contributed by atoms with Crippen molar-refractivity contribution in [3.63, 3.8) is 0 Å². The standard InChI is InChI=1S/C18H20BrN5O2/c1-25-12-15-20-17(26-22-15)11-23-7-9-24(10-8-23)16-6-5-13-3-2-4-14(19)18(13)21-16/h2-6H,7-12H2,1H3. The highest BCUT2D eigenvalue weighted by molar-refractivity contribution is 9.10. The lowest BCUT2D eigenvalue weighted by molar-refractivity contribution is 0.174. The number of fused-ring (bicyclic) bond motifs is 1. The molecule has 0 N–H and O–H groups in total. The van der Waals surface area contributed by atoms with Crippen molar-refractivity contribution in [1.82, 2.24) is 20.0 Å². The van der Waals surface area contributed by atoms with Crippen LogP contribution >= 0.6 is 15.9 Å². The molecule has 1 aliphatic heterocycles. The number of nitrogens with zero attached hydrogens (tertiary/aromatic N) is 5. The van der Waals surface area contributed by atoms with Gasteiger partial charge in [-0.3, -0.25) is 4.90 Å². The van der Waals surface area contributed by atoms with Crippen LogP contribution in [0.2, 0.25) is 0 Å². The molecule has 0 aliphatic carbocycles. The fourth-order valence-corrected chi connectivity index (χ4v) is 3.62. The van der Waals surface area contributed by atoms with Gasteiger partial charge in [0.15, 0.2) is 5.82 Å². The minimum Gasteiger partial charge on any atom is -0.377 e. The number of benzene rings is 1. The molecule has 1 saturated heterocycles. The van der Waals surface area contributed by atoms with Crippen LogP contribution < -0.4 is 4.90 Å². The molecular weight excluding hydrogens is 398 g/mol. The lowest BCUT2D eigenvalue weighted by Gasteiger charge is -2.34. The fraction of sp³-hybridized carbons (Fsp3) is 0.389. The van der Waals surface area contributed by atoms with Gasteiger partial charge in [-0.25, -0.2) is 4.98 Å². The molecular formula is C18H20BrN5O2. The number of hydrogen-bond acceptors (Lipinski definition) is 7. The fourth-order valence-electron chi connectivity index (χ4n) is 3.15. The summed E-state index contributed by atoms with van der Waals surface area (Å²) in [6.07, 6.45) is 0. The van der Waals surface area contributed by atoms with E-state index in [2.05, 4.69) is 54.1 Å². The van der Waals surface area contributed by atoms with Crippen LogP contribution in [0.1, 0.15) is 11.7 Å². The van der Waals surface area contributed by atoms with Gasteiger partial charge in [-0.05, 0) is 34.1 Å². The number of ether oxygens (including phenoxy) is 1. The van der Waals surface area contributed by atoms with Crippen molar-refractivity contribution in [2.24, 2.45) is 0 Å². The first-order chi connectivity index (χ1) is 12.7. The number of anilines is 1. The molecule has 0 unspecified atom stereocenters. The van der Waals surface area contributed by atoms with Gasteiger partial charge in [0.2, 0.25) is 5.89 Å². The van der Waals surface area contributed by atoms with E-state index in [0.29, 0.717) is 24.9 Å². The summed E-state index contributed by atoms with van der Waals surface area (Å²) in [6, 6.07) is 10.4. The monoisotopic (exact) mass is 417 g/mol. The SMILES string of the molecule is COCc1noc(CN2CCN(c3ccc4cccc(Br)c4n3)CC2)n1. The Morgan fingerprint density at radius 2 is 1.96 bits per heavy atom. The van der Waals surface area contributed by atoms with Crippen LogP contribution in [-0.2, 0) is 17.9 Å². The number of halogens is 1. The van der Waals surface area contributed by atoms with Crippen molar-refractivity contribution in [1.29, 1.82) is 0 Å². The smallest absolute Gasteiger partial charge is 0.240 e. The first-order valence-corrected chi connectivity index (χ1v) is 9.35. The van der Waals surface area contributed by atoms with Crippen molar-refractivity contribution < 1.29 is 9.26 Å². The molecule has 0 saturated carbocycles. The van der Waals surface area contributed by atoms with Crippen molar-refractivity contribution in [3.05, 3.63) is 46.5 Å². The third kappa shape index (κ3) is 3.72. The summed E-state index contributed by atoms with van der Waals surface area (Å²) >= 11 is 3.59. The summed E-state index contributed by atoms with van der Waals surface area (Å²) in [5.41, 5.74) is 1.00. The maximum atomic E-state index is 5.28. The number of hydrogen-bond donors (Lipinski definition) is 0. The first-order valence-electron chi connectivity index (χ1n) is 8.56. The van der Waals surface area contributed by atoms with E-state index in [-0.39, 0.29) is 0 Å². The first kappa shape index (κ1) is 17.4. The van der Waals surface area contributed by atoms with Crippen molar-refractivity contribution >= 4 is 32.7 Å². The molecule has 0 amide bonds. The normalized spacial score (nSPS) is 15.7. The second-order valence-corrected chi connectivity index (χ2v) is 7.14. The van der Waals surface area contributed by atoms with Crippen molar-refractivity contribution in [2.75, 3.05) is 38.2 Å². The van der Waals surface area contributed by atoms with Crippen LogP contribution in [0.15, 0.2) is 39.3 Å². The quantitative estimate of drug-likeness (QED) is 0.631. The van der Waals surface area contributed by atoms with E-state index >= 15 is 0 Å². The molecule has 0 radical (unpaired) electrons. The molecule has 3 heterocycles. The van der Waals surface area contributed by atoms with Crippen LogP contribution in [0.25, 0.3) is 10.9 Å².